The number of carbonyl (C=O) groups is 1. The van der Waals surface area contributed by atoms with Crippen LogP contribution in [0.2, 0.25) is 0 Å². The van der Waals surface area contributed by atoms with Crippen LogP contribution in [0, 0.1) is 0 Å². The van der Waals surface area contributed by atoms with Crippen molar-refractivity contribution in [2.45, 2.75) is 39.5 Å². The SMILES string of the molecule is CC(C)(C)OC(=O)NCc1cn(Cc2ccccc2)nn1. The minimum absolute atomic E-state index is 0.295. The van der Waals surface area contributed by atoms with Gasteiger partial charge in [-0.15, -0.1) is 5.10 Å². The molecule has 1 aromatic carbocycles. The molecule has 0 saturated carbocycles. The molecule has 6 heteroatoms. The molecule has 21 heavy (non-hydrogen) atoms. The van der Waals surface area contributed by atoms with Crippen molar-refractivity contribution in [2.24, 2.45) is 0 Å². The van der Waals surface area contributed by atoms with E-state index in [0.29, 0.717) is 18.8 Å². The highest BCUT2D eigenvalue weighted by Crippen LogP contribution is 2.07. The summed E-state index contributed by atoms with van der Waals surface area (Å²) in [6.45, 7) is 6.41. The van der Waals surface area contributed by atoms with E-state index in [4.69, 9.17) is 4.74 Å². The lowest BCUT2D eigenvalue weighted by atomic mass is 10.2. The number of carbonyl (C=O) groups excluding carboxylic acids is 1. The van der Waals surface area contributed by atoms with Crippen molar-refractivity contribution < 1.29 is 9.53 Å². The van der Waals surface area contributed by atoms with Gasteiger partial charge >= 0.3 is 6.09 Å². The maximum atomic E-state index is 11.5. The summed E-state index contributed by atoms with van der Waals surface area (Å²) in [4.78, 5) is 11.5. The zero-order valence-corrected chi connectivity index (χ0v) is 12.5. The lowest BCUT2D eigenvalue weighted by Crippen LogP contribution is -2.32. The van der Waals surface area contributed by atoms with Crippen molar-refractivity contribution in [3.63, 3.8) is 0 Å². The molecule has 1 N–H and O–H groups in total. The number of aromatic nitrogens is 3. The van der Waals surface area contributed by atoms with Crippen molar-refractivity contribution in [3.8, 4) is 0 Å². The molecule has 0 spiro atoms. The monoisotopic (exact) mass is 288 g/mol. The molecular weight excluding hydrogens is 268 g/mol. The van der Waals surface area contributed by atoms with E-state index in [2.05, 4.69) is 15.6 Å². The Morgan fingerprint density at radius 2 is 2.00 bits per heavy atom. The van der Waals surface area contributed by atoms with Gasteiger partial charge in [0, 0.05) is 0 Å². The second-order valence-electron chi connectivity index (χ2n) is 5.75. The molecule has 0 unspecified atom stereocenters. The quantitative estimate of drug-likeness (QED) is 0.937. The average Bonchev–Trinajstić information content (AvgIpc) is 2.83. The Balaban J connectivity index is 1.85. The fraction of sp³-hybridized carbons (Fsp3) is 0.400. The Labute approximate surface area is 124 Å². The van der Waals surface area contributed by atoms with Crippen LogP contribution in [-0.4, -0.2) is 26.7 Å². The molecule has 0 radical (unpaired) electrons. The van der Waals surface area contributed by atoms with E-state index in [9.17, 15) is 4.79 Å². The van der Waals surface area contributed by atoms with Gasteiger partial charge in [-0.25, -0.2) is 9.48 Å². The molecule has 0 aliphatic heterocycles. The molecule has 0 aliphatic rings. The maximum Gasteiger partial charge on any atom is 0.407 e. The Morgan fingerprint density at radius 1 is 1.29 bits per heavy atom. The molecule has 1 amide bonds. The highest BCUT2D eigenvalue weighted by molar-refractivity contribution is 5.67. The Morgan fingerprint density at radius 3 is 2.67 bits per heavy atom. The Hall–Kier alpha value is -2.37. The summed E-state index contributed by atoms with van der Waals surface area (Å²) >= 11 is 0. The second kappa shape index (κ2) is 6.39. The van der Waals surface area contributed by atoms with Crippen molar-refractivity contribution >= 4 is 6.09 Å². The molecule has 0 bridgehead atoms. The summed E-state index contributed by atoms with van der Waals surface area (Å²) in [5, 5.41) is 10.7. The normalized spacial score (nSPS) is 11.2. The molecule has 0 fully saturated rings. The molecule has 1 heterocycles. The highest BCUT2D eigenvalue weighted by atomic mass is 16.6. The number of amides is 1. The van der Waals surface area contributed by atoms with Gasteiger partial charge in [-0.2, -0.15) is 0 Å². The first-order valence-corrected chi connectivity index (χ1v) is 6.82. The first kappa shape index (κ1) is 15.0. The molecule has 0 atom stereocenters. The van der Waals surface area contributed by atoms with Crippen LogP contribution in [0.1, 0.15) is 32.0 Å². The van der Waals surface area contributed by atoms with Crippen LogP contribution in [0.25, 0.3) is 0 Å². The average molecular weight is 288 g/mol. The van der Waals surface area contributed by atoms with Gasteiger partial charge in [0.25, 0.3) is 0 Å². The number of hydrogen-bond acceptors (Lipinski definition) is 4. The third-order valence-corrected chi connectivity index (χ3v) is 2.59. The van der Waals surface area contributed by atoms with Gasteiger partial charge in [-0.1, -0.05) is 35.5 Å². The van der Waals surface area contributed by atoms with E-state index < -0.39 is 11.7 Å². The minimum atomic E-state index is -0.505. The maximum absolute atomic E-state index is 11.5. The van der Waals surface area contributed by atoms with Crippen LogP contribution in [0.15, 0.2) is 36.5 Å². The molecule has 112 valence electrons. The highest BCUT2D eigenvalue weighted by Gasteiger charge is 2.16. The van der Waals surface area contributed by atoms with E-state index in [0.717, 1.165) is 5.56 Å². The molecule has 2 aromatic rings. The Kier molecular flexibility index (Phi) is 4.57. The summed E-state index contributed by atoms with van der Waals surface area (Å²) < 4.78 is 6.89. The molecule has 1 aromatic heterocycles. The number of nitrogens with zero attached hydrogens (tertiary/aromatic N) is 3. The van der Waals surface area contributed by atoms with Crippen molar-refractivity contribution in [1.29, 1.82) is 0 Å². The van der Waals surface area contributed by atoms with E-state index in [1.807, 2.05) is 57.3 Å². The molecule has 6 nitrogen and oxygen atoms in total. The summed E-state index contributed by atoms with van der Waals surface area (Å²) in [5.41, 5.74) is 1.33. The topological polar surface area (TPSA) is 69.0 Å². The number of nitrogens with one attached hydrogen (secondary N) is 1. The first-order valence-electron chi connectivity index (χ1n) is 6.82. The van der Waals surface area contributed by atoms with Gasteiger partial charge in [0.2, 0.25) is 0 Å². The molecular formula is C15H20N4O2. The van der Waals surface area contributed by atoms with Gasteiger partial charge in [0.1, 0.15) is 11.3 Å². The third-order valence-electron chi connectivity index (χ3n) is 2.59. The van der Waals surface area contributed by atoms with Gasteiger partial charge in [0.15, 0.2) is 0 Å². The van der Waals surface area contributed by atoms with Crippen LogP contribution in [-0.2, 0) is 17.8 Å². The van der Waals surface area contributed by atoms with Gasteiger partial charge in [0.05, 0.1) is 19.3 Å². The molecule has 0 aliphatic carbocycles. The fourth-order valence-electron chi connectivity index (χ4n) is 1.74. The summed E-state index contributed by atoms with van der Waals surface area (Å²) in [7, 11) is 0. The van der Waals surface area contributed by atoms with Crippen LogP contribution in [0.3, 0.4) is 0 Å². The zero-order valence-electron chi connectivity index (χ0n) is 12.5. The first-order chi connectivity index (χ1) is 9.92. The van der Waals surface area contributed by atoms with E-state index in [1.54, 1.807) is 4.68 Å². The fourth-order valence-corrected chi connectivity index (χ4v) is 1.74. The number of ether oxygens (including phenoxy) is 1. The van der Waals surface area contributed by atoms with E-state index >= 15 is 0 Å². The van der Waals surface area contributed by atoms with Crippen LogP contribution in [0.5, 0.6) is 0 Å². The smallest absolute Gasteiger partial charge is 0.407 e. The molecule has 2 rings (SSSR count). The van der Waals surface area contributed by atoms with Crippen molar-refractivity contribution in [2.75, 3.05) is 0 Å². The van der Waals surface area contributed by atoms with Crippen LogP contribution < -0.4 is 5.32 Å². The number of hydrogen-bond donors (Lipinski definition) is 1. The van der Waals surface area contributed by atoms with Crippen molar-refractivity contribution in [1.82, 2.24) is 20.3 Å². The summed E-state index contributed by atoms with van der Waals surface area (Å²) in [5.74, 6) is 0. The number of alkyl carbamates (subject to hydrolysis) is 1. The number of benzene rings is 1. The Bertz CT molecular complexity index is 587. The molecule has 0 saturated heterocycles. The van der Waals surface area contributed by atoms with Crippen LogP contribution >= 0.6 is 0 Å². The number of rotatable bonds is 4. The van der Waals surface area contributed by atoms with Gasteiger partial charge in [-0.05, 0) is 26.3 Å². The second-order valence-corrected chi connectivity index (χ2v) is 5.75. The standard InChI is InChI=1S/C15H20N4O2/c1-15(2,3)21-14(20)16-9-13-11-19(18-17-13)10-12-7-5-4-6-8-12/h4-8,11H,9-10H2,1-3H3,(H,16,20). The minimum Gasteiger partial charge on any atom is -0.444 e. The summed E-state index contributed by atoms with van der Waals surface area (Å²) in [6.07, 6.45) is 1.35. The lowest BCUT2D eigenvalue weighted by molar-refractivity contribution is 0.0523. The summed E-state index contributed by atoms with van der Waals surface area (Å²) in [6, 6.07) is 10.00. The van der Waals surface area contributed by atoms with Gasteiger partial charge < -0.3 is 10.1 Å². The van der Waals surface area contributed by atoms with E-state index in [1.165, 1.54) is 0 Å². The predicted octanol–water partition coefficient (Wildman–Crippen LogP) is 2.35. The zero-order chi connectivity index (χ0) is 15.3. The van der Waals surface area contributed by atoms with Crippen molar-refractivity contribution in [3.05, 3.63) is 47.8 Å². The van der Waals surface area contributed by atoms with E-state index in [-0.39, 0.29) is 0 Å². The largest absolute Gasteiger partial charge is 0.444 e. The van der Waals surface area contributed by atoms with Crippen LogP contribution in [0.4, 0.5) is 4.79 Å². The predicted molar refractivity (Wildman–Crippen MR) is 78.6 cm³/mol. The lowest BCUT2D eigenvalue weighted by Gasteiger charge is -2.19. The van der Waals surface area contributed by atoms with Gasteiger partial charge in [-0.3, -0.25) is 0 Å². The third kappa shape index (κ3) is 5.25.